The van der Waals surface area contributed by atoms with Crippen molar-refractivity contribution in [1.29, 1.82) is 0 Å². The fourth-order valence-corrected chi connectivity index (χ4v) is 2.22. The van der Waals surface area contributed by atoms with Crippen molar-refractivity contribution in [1.82, 2.24) is 14.9 Å². The molecule has 0 atom stereocenters. The Labute approximate surface area is 85.5 Å². The maximum Gasteiger partial charge on any atom is 0.0948 e. The number of nitrogens with zero attached hydrogens (tertiary/aromatic N) is 2. The van der Waals surface area contributed by atoms with Crippen LogP contribution in [0.3, 0.4) is 0 Å². The zero-order valence-corrected chi connectivity index (χ0v) is 8.87. The summed E-state index contributed by atoms with van der Waals surface area (Å²) in [6.07, 6.45) is 7.73. The quantitative estimate of drug-likeness (QED) is 0.792. The SMILES string of the molecule is CCCn1cncc1C1CCNCC1. The summed E-state index contributed by atoms with van der Waals surface area (Å²) in [5.74, 6) is 0.727. The molecule has 2 rings (SSSR count). The minimum atomic E-state index is 0.727. The monoisotopic (exact) mass is 193 g/mol. The number of nitrogens with one attached hydrogen (secondary N) is 1. The molecule has 0 aliphatic carbocycles. The van der Waals surface area contributed by atoms with Crippen molar-refractivity contribution in [3.8, 4) is 0 Å². The van der Waals surface area contributed by atoms with Gasteiger partial charge in [0.1, 0.15) is 0 Å². The fourth-order valence-electron chi connectivity index (χ4n) is 2.22. The number of aryl methyl sites for hydroxylation is 1. The third kappa shape index (κ3) is 1.98. The van der Waals surface area contributed by atoms with E-state index in [0.717, 1.165) is 25.6 Å². The summed E-state index contributed by atoms with van der Waals surface area (Å²) >= 11 is 0. The number of piperidine rings is 1. The van der Waals surface area contributed by atoms with E-state index in [0.29, 0.717) is 0 Å². The van der Waals surface area contributed by atoms with Crippen LogP contribution in [-0.2, 0) is 6.54 Å². The molecule has 3 heteroatoms. The van der Waals surface area contributed by atoms with Gasteiger partial charge in [-0.05, 0) is 32.4 Å². The van der Waals surface area contributed by atoms with E-state index in [1.165, 1.54) is 25.0 Å². The van der Waals surface area contributed by atoms with Crippen molar-refractivity contribution in [3.63, 3.8) is 0 Å². The zero-order chi connectivity index (χ0) is 9.80. The predicted molar refractivity (Wildman–Crippen MR) is 57.4 cm³/mol. The largest absolute Gasteiger partial charge is 0.334 e. The first-order valence-corrected chi connectivity index (χ1v) is 5.62. The van der Waals surface area contributed by atoms with Crippen LogP contribution in [0.25, 0.3) is 0 Å². The standard InChI is InChI=1S/C11H19N3/c1-2-7-14-9-13-8-11(14)10-3-5-12-6-4-10/h8-10,12H,2-7H2,1H3. The van der Waals surface area contributed by atoms with Gasteiger partial charge in [0.2, 0.25) is 0 Å². The highest BCUT2D eigenvalue weighted by atomic mass is 15.0. The van der Waals surface area contributed by atoms with Crippen LogP contribution in [-0.4, -0.2) is 22.6 Å². The molecule has 1 N–H and O–H groups in total. The summed E-state index contributed by atoms with van der Waals surface area (Å²) in [6, 6.07) is 0. The lowest BCUT2D eigenvalue weighted by Gasteiger charge is -2.23. The number of rotatable bonds is 3. The molecule has 0 spiro atoms. The highest BCUT2D eigenvalue weighted by Crippen LogP contribution is 2.24. The third-order valence-electron chi connectivity index (χ3n) is 2.97. The predicted octanol–water partition coefficient (Wildman–Crippen LogP) is 1.76. The molecule has 0 radical (unpaired) electrons. The summed E-state index contributed by atoms with van der Waals surface area (Å²) in [6.45, 7) is 5.63. The molecular weight excluding hydrogens is 174 g/mol. The van der Waals surface area contributed by atoms with Gasteiger partial charge in [-0.1, -0.05) is 6.92 Å². The molecule has 14 heavy (non-hydrogen) atoms. The lowest BCUT2D eigenvalue weighted by molar-refractivity contribution is 0.438. The summed E-state index contributed by atoms with van der Waals surface area (Å²) in [4.78, 5) is 4.26. The van der Waals surface area contributed by atoms with E-state index in [9.17, 15) is 0 Å². The molecule has 1 fully saturated rings. The Balaban J connectivity index is 2.09. The fraction of sp³-hybridized carbons (Fsp3) is 0.727. The Kier molecular flexibility index (Phi) is 3.19. The van der Waals surface area contributed by atoms with E-state index in [1.807, 2.05) is 12.5 Å². The molecule has 0 bridgehead atoms. The average Bonchev–Trinajstić information content (AvgIpc) is 2.68. The van der Waals surface area contributed by atoms with Gasteiger partial charge in [0, 0.05) is 24.4 Å². The van der Waals surface area contributed by atoms with Crippen molar-refractivity contribution in [2.24, 2.45) is 0 Å². The number of aromatic nitrogens is 2. The van der Waals surface area contributed by atoms with Crippen LogP contribution < -0.4 is 5.32 Å². The van der Waals surface area contributed by atoms with Crippen LogP contribution in [0.4, 0.5) is 0 Å². The highest BCUT2D eigenvalue weighted by Gasteiger charge is 2.18. The van der Waals surface area contributed by atoms with Gasteiger partial charge in [-0.15, -0.1) is 0 Å². The van der Waals surface area contributed by atoms with Crippen LogP contribution in [0.5, 0.6) is 0 Å². The second-order valence-electron chi connectivity index (χ2n) is 4.04. The molecule has 1 saturated heterocycles. The van der Waals surface area contributed by atoms with E-state index >= 15 is 0 Å². The van der Waals surface area contributed by atoms with Crippen LogP contribution >= 0.6 is 0 Å². The van der Waals surface area contributed by atoms with Gasteiger partial charge >= 0.3 is 0 Å². The minimum Gasteiger partial charge on any atom is -0.334 e. The summed E-state index contributed by atoms with van der Waals surface area (Å²) in [5.41, 5.74) is 1.44. The topological polar surface area (TPSA) is 29.9 Å². The molecule has 1 aromatic heterocycles. The number of hydrogen-bond acceptors (Lipinski definition) is 2. The smallest absolute Gasteiger partial charge is 0.0948 e. The van der Waals surface area contributed by atoms with Crippen LogP contribution in [0.1, 0.15) is 37.8 Å². The average molecular weight is 193 g/mol. The van der Waals surface area contributed by atoms with E-state index in [1.54, 1.807) is 0 Å². The van der Waals surface area contributed by atoms with Gasteiger partial charge < -0.3 is 9.88 Å². The van der Waals surface area contributed by atoms with Crippen LogP contribution in [0, 0.1) is 0 Å². The van der Waals surface area contributed by atoms with Gasteiger partial charge in [-0.2, -0.15) is 0 Å². The molecule has 1 aromatic rings. The molecule has 0 aromatic carbocycles. The first-order chi connectivity index (χ1) is 6.92. The maximum atomic E-state index is 4.26. The highest BCUT2D eigenvalue weighted by molar-refractivity contribution is 5.07. The van der Waals surface area contributed by atoms with Crippen molar-refractivity contribution in [2.45, 2.75) is 38.6 Å². The molecule has 1 aliphatic rings. The molecular formula is C11H19N3. The van der Waals surface area contributed by atoms with Crippen LogP contribution in [0.15, 0.2) is 12.5 Å². The Morgan fingerprint density at radius 3 is 3.00 bits per heavy atom. The molecule has 1 aliphatic heterocycles. The Morgan fingerprint density at radius 1 is 1.50 bits per heavy atom. The number of imidazole rings is 1. The Hall–Kier alpha value is -0.830. The van der Waals surface area contributed by atoms with Crippen molar-refractivity contribution in [2.75, 3.05) is 13.1 Å². The molecule has 0 amide bonds. The second kappa shape index (κ2) is 4.60. The third-order valence-corrected chi connectivity index (χ3v) is 2.97. The summed E-state index contributed by atoms with van der Waals surface area (Å²) < 4.78 is 2.32. The van der Waals surface area contributed by atoms with E-state index in [-0.39, 0.29) is 0 Å². The summed E-state index contributed by atoms with van der Waals surface area (Å²) in [5, 5.41) is 3.40. The Bertz CT molecular complexity index is 274. The lowest BCUT2D eigenvalue weighted by atomic mass is 9.95. The minimum absolute atomic E-state index is 0.727. The number of hydrogen-bond donors (Lipinski definition) is 1. The van der Waals surface area contributed by atoms with Crippen molar-refractivity contribution >= 4 is 0 Å². The van der Waals surface area contributed by atoms with Gasteiger partial charge in [0.15, 0.2) is 0 Å². The van der Waals surface area contributed by atoms with Gasteiger partial charge in [0.05, 0.1) is 6.33 Å². The molecule has 78 valence electrons. The zero-order valence-electron chi connectivity index (χ0n) is 8.87. The van der Waals surface area contributed by atoms with Gasteiger partial charge in [-0.25, -0.2) is 4.98 Å². The second-order valence-corrected chi connectivity index (χ2v) is 4.04. The summed E-state index contributed by atoms with van der Waals surface area (Å²) in [7, 11) is 0. The Morgan fingerprint density at radius 2 is 2.29 bits per heavy atom. The van der Waals surface area contributed by atoms with Crippen LogP contribution in [0.2, 0.25) is 0 Å². The first kappa shape index (κ1) is 9.71. The molecule has 0 unspecified atom stereocenters. The molecule has 2 heterocycles. The first-order valence-electron chi connectivity index (χ1n) is 5.62. The van der Waals surface area contributed by atoms with Gasteiger partial charge in [-0.3, -0.25) is 0 Å². The van der Waals surface area contributed by atoms with Crippen molar-refractivity contribution < 1.29 is 0 Å². The molecule has 0 saturated carbocycles. The maximum absolute atomic E-state index is 4.26. The normalized spacial score (nSPS) is 18.6. The van der Waals surface area contributed by atoms with Gasteiger partial charge in [0.25, 0.3) is 0 Å². The van der Waals surface area contributed by atoms with Crippen molar-refractivity contribution in [3.05, 3.63) is 18.2 Å². The lowest BCUT2D eigenvalue weighted by Crippen LogP contribution is -2.27. The molecule has 3 nitrogen and oxygen atoms in total. The van der Waals surface area contributed by atoms with E-state index < -0.39 is 0 Å². The van der Waals surface area contributed by atoms with E-state index in [4.69, 9.17) is 0 Å². The van der Waals surface area contributed by atoms with E-state index in [2.05, 4.69) is 21.8 Å².